The van der Waals surface area contributed by atoms with Gasteiger partial charge in [-0.2, -0.15) is 5.26 Å². The predicted octanol–water partition coefficient (Wildman–Crippen LogP) is 5.72. The first-order chi connectivity index (χ1) is 9.44. The van der Waals surface area contributed by atoms with E-state index in [1.165, 1.54) is 0 Å². The van der Waals surface area contributed by atoms with Crippen LogP contribution in [-0.2, 0) is 5.54 Å². The molecular weight excluding hydrogens is 403 g/mol. The summed E-state index contributed by atoms with van der Waals surface area (Å²) in [6.45, 7) is 1.85. The lowest BCUT2D eigenvalue weighted by Crippen LogP contribution is -2.29. The maximum absolute atomic E-state index is 9.53. The second-order valence-corrected chi connectivity index (χ2v) is 6.67. The molecule has 1 unspecified atom stereocenters. The largest absolute Gasteiger partial charge is 0.364 e. The van der Waals surface area contributed by atoms with Crippen molar-refractivity contribution in [3.8, 4) is 6.07 Å². The molecule has 0 amide bonds. The molecule has 0 spiro atoms. The molecule has 2 nitrogen and oxygen atoms in total. The van der Waals surface area contributed by atoms with Crippen molar-refractivity contribution in [3.05, 3.63) is 62.0 Å². The van der Waals surface area contributed by atoms with Crippen molar-refractivity contribution in [2.24, 2.45) is 0 Å². The molecule has 0 heterocycles. The molecule has 2 rings (SSSR count). The fourth-order valence-electron chi connectivity index (χ4n) is 1.81. The van der Waals surface area contributed by atoms with Gasteiger partial charge in [-0.15, -0.1) is 0 Å². The molecular formula is C15H11Br2ClN2. The van der Waals surface area contributed by atoms with Crippen molar-refractivity contribution in [1.29, 1.82) is 5.26 Å². The summed E-state index contributed by atoms with van der Waals surface area (Å²) in [5.74, 6) is 0. The number of hydrogen-bond donors (Lipinski definition) is 1. The average molecular weight is 415 g/mol. The third kappa shape index (κ3) is 3.35. The number of nitrogens with one attached hydrogen (secondary N) is 1. The van der Waals surface area contributed by atoms with Crippen molar-refractivity contribution >= 4 is 49.1 Å². The molecule has 0 saturated heterocycles. The molecule has 0 saturated carbocycles. The Balaban J connectivity index is 2.34. The molecule has 102 valence electrons. The first-order valence-corrected chi connectivity index (χ1v) is 7.81. The van der Waals surface area contributed by atoms with Crippen molar-refractivity contribution < 1.29 is 0 Å². The number of anilines is 1. The van der Waals surface area contributed by atoms with E-state index in [-0.39, 0.29) is 0 Å². The third-order valence-electron chi connectivity index (χ3n) is 2.96. The van der Waals surface area contributed by atoms with E-state index in [9.17, 15) is 5.26 Å². The van der Waals surface area contributed by atoms with Crippen molar-refractivity contribution in [2.45, 2.75) is 12.5 Å². The monoisotopic (exact) mass is 412 g/mol. The molecule has 1 N–H and O–H groups in total. The molecule has 0 radical (unpaired) electrons. The molecule has 0 bridgehead atoms. The van der Waals surface area contributed by atoms with Crippen molar-refractivity contribution in [3.63, 3.8) is 0 Å². The summed E-state index contributed by atoms with van der Waals surface area (Å²) in [6.07, 6.45) is 0. The van der Waals surface area contributed by atoms with Crippen LogP contribution in [0.3, 0.4) is 0 Å². The Kier molecular flexibility index (Phi) is 4.74. The molecule has 0 fully saturated rings. The SMILES string of the molecule is CC(C#N)(Nc1ccc(Cl)c(Br)c1)c1ccc(Br)cc1. The van der Waals surface area contributed by atoms with E-state index in [4.69, 9.17) is 11.6 Å². The van der Waals surface area contributed by atoms with Crippen LogP contribution < -0.4 is 5.32 Å². The van der Waals surface area contributed by atoms with Gasteiger partial charge < -0.3 is 5.32 Å². The summed E-state index contributed by atoms with van der Waals surface area (Å²) in [5, 5.41) is 13.4. The van der Waals surface area contributed by atoms with Gasteiger partial charge in [0.25, 0.3) is 0 Å². The minimum absolute atomic E-state index is 0.637. The van der Waals surface area contributed by atoms with E-state index in [2.05, 4.69) is 43.2 Å². The number of nitriles is 1. The van der Waals surface area contributed by atoms with Crippen LogP contribution in [-0.4, -0.2) is 0 Å². The summed E-state index contributed by atoms with van der Waals surface area (Å²) >= 11 is 12.7. The Hall–Kier alpha value is -1.02. The maximum atomic E-state index is 9.53. The van der Waals surface area contributed by atoms with Crippen LogP contribution in [0.25, 0.3) is 0 Å². The van der Waals surface area contributed by atoms with Gasteiger partial charge in [0, 0.05) is 14.6 Å². The number of nitrogens with zero attached hydrogens (tertiary/aromatic N) is 1. The van der Waals surface area contributed by atoms with Gasteiger partial charge in [-0.05, 0) is 58.7 Å². The van der Waals surface area contributed by atoms with Gasteiger partial charge in [0.1, 0.15) is 5.54 Å². The number of hydrogen-bond acceptors (Lipinski definition) is 2. The zero-order valence-corrected chi connectivity index (χ0v) is 14.6. The highest BCUT2D eigenvalue weighted by atomic mass is 79.9. The Labute approximate surface area is 140 Å². The van der Waals surface area contributed by atoms with Gasteiger partial charge >= 0.3 is 0 Å². The zero-order valence-electron chi connectivity index (χ0n) is 10.6. The standard InChI is InChI=1S/C15H11Br2ClN2/c1-15(9-19,10-2-4-11(16)5-3-10)20-12-6-7-14(18)13(17)8-12/h2-8,20H,1H3. The summed E-state index contributed by atoms with van der Waals surface area (Å²) in [4.78, 5) is 0. The van der Waals surface area contributed by atoms with Crippen LogP contribution in [0, 0.1) is 11.3 Å². The topological polar surface area (TPSA) is 35.8 Å². The smallest absolute Gasteiger partial charge is 0.148 e. The Morgan fingerprint density at radius 3 is 2.35 bits per heavy atom. The van der Waals surface area contributed by atoms with Gasteiger partial charge in [-0.1, -0.05) is 39.7 Å². The fraction of sp³-hybridized carbons (Fsp3) is 0.133. The predicted molar refractivity (Wildman–Crippen MR) is 89.9 cm³/mol. The number of benzene rings is 2. The molecule has 0 aliphatic carbocycles. The van der Waals surface area contributed by atoms with Crippen LogP contribution in [0.5, 0.6) is 0 Å². The van der Waals surface area contributed by atoms with Gasteiger partial charge in [0.2, 0.25) is 0 Å². The van der Waals surface area contributed by atoms with Crippen LogP contribution in [0.15, 0.2) is 51.4 Å². The molecule has 0 aliphatic rings. The highest BCUT2D eigenvalue weighted by molar-refractivity contribution is 9.10. The van der Waals surface area contributed by atoms with E-state index in [0.717, 1.165) is 20.2 Å². The van der Waals surface area contributed by atoms with E-state index >= 15 is 0 Å². The van der Waals surface area contributed by atoms with Crippen LogP contribution in [0.1, 0.15) is 12.5 Å². The average Bonchev–Trinajstić information content (AvgIpc) is 2.43. The van der Waals surface area contributed by atoms with Crippen molar-refractivity contribution in [2.75, 3.05) is 5.32 Å². The minimum atomic E-state index is -0.812. The van der Waals surface area contributed by atoms with Crippen molar-refractivity contribution in [1.82, 2.24) is 0 Å². The minimum Gasteiger partial charge on any atom is -0.364 e. The van der Waals surface area contributed by atoms with Gasteiger partial charge in [0.05, 0.1) is 11.1 Å². The third-order valence-corrected chi connectivity index (χ3v) is 4.70. The molecule has 20 heavy (non-hydrogen) atoms. The lowest BCUT2D eigenvalue weighted by atomic mass is 9.93. The zero-order chi connectivity index (χ0) is 14.8. The summed E-state index contributed by atoms with van der Waals surface area (Å²) < 4.78 is 1.77. The van der Waals surface area contributed by atoms with Gasteiger partial charge in [-0.25, -0.2) is 0 Å². The molecule has 5 heteroatoms. The van der Waals surface area contributed by atoms with Gasteiger partial charge in [-0.3, -0.25) is 0 Å². The Bertz CT molecular complexity index is 665. The number of rotatable bonds is 3. The summed E-state index contributed by atoms with van der Waals surface area (Å²) in [5.41, 5.74) is 0.913. The van der Waals surface area contributed by atoms with Gasteiger partial charge in [0.15, 0.2) is 0 Å². The summed E-state index contributed by atoms with van der Waals surface area (Å²) in [6, 6.07) is 15.5. The second kappa shape index (κ2) is 6.17. The highest BCUT2D eigenvalue weighted by Crippen LogP contribution is 2.30. The first kappa shape index (κ1) is 15.4. The maximum Gasteiger partial charge on any atom is 0.148 e. The van der Waals surface area contributed by atoms with E-state index in [1.807, 2.05) is 43.3 Å². The molecule has 0 aliphatic heterocycles. The normalized spacial score (nSPS) is 13.3. The Morgan fingerprint density at radius 2 is 1.80 bits per heavy atom. The van der Waals surface area contributed by atoms with Crippen LogP contribution in [0.2, 0.25) is 5.02 Å². The second-order valence-electron chi connectivity index (χ2n) is 4.50. The number of halogens is 3. The lowest BCUT2D eigenvalue weighted by Gasteiger charge is -2.25. The van der Waals surface area contributed by atoms with E-state index in [0.29, 0.717) is 5.02 Å². The van der Waals surface area contributed by atoms with Crippen LogP contribution >= 0.6 is 43.5 Å². The quantitative estimate of drug-likeness (QED) is 0.698. The fourth-order valence-corrected chi connectivity index (χ4v) is 2.57. The molecule has 2 aromatic rings. The lowest BCUT2D eigenvalue weighted by molar-refractivity contribution is 0.706. The molecule has 0 aromatic heterocycles. The van der Waals surface area contributed by atoms with Crippen LogP contribution in [0.4, 0.5) is 5.69 Å². The molecule has 1 atom stereocenters. The summed E-state index contributed by atoms with van der Waals surface area (Å²) in [7, 11) is 0. The molecule has 2 aromatic carbocycles. The Morgan fingerprint density at radius 1 is 1.15 bits per heavy atom. The van der Waals surface area contributed by atoms with E-state index < -0.39 is 5.54 Å². The highest BCUT2D eigenvalue weighted by Gasteiger charge is 2.26. The first-order valence-electron chi connectivity index (χ1n) is 5.85. The van der Waals surface area contributed by atoms with E-state index in [1.54, 1.807) is 6.07 Å².